The van der Waals surface area contributed by atoms with Crippen molar-refractivity contribution in [3.63, 3.8) is 0 Å². The van der Waals surface area contributed by atoms with Crippen LogP contribution >= 0.6 is 12.2 Å². The lowest BCUT2D eigenvalue weighted by Crippen LogP contribution is -2.29. The van der Waals surface area contributed by atoms with Gasteiger partial charge in [0.15, 0.2) is 14.9 Å². The van der Waals surface area contributed by atoms with Gasteiger partial charge < -0.3 is 15.4 Å². The summed E-state index contributed by atoms with van der Waals surface area (Å²) in [6.45, 7) is 1.40. The summed E-state index contributed by atoms with van der Waals surface area (Å²) in [7, 11) is -1.51. The van der Waals surface area contributed by atoms with E-state index in [0.717, 1.165) is 18.7 Å². The van der Waals surface area contributed by atoms with Gasteiger partial charge in [0, 0.05) is 32.2 Å². The van der Waals surface area contributed by atoms with Crippen molar-refractivity contribution in [1.82, 2.24) is 5.32 Å². The van der Waals surface area contributed by atoms with E-state index in [1.54, 1.807) is 31.4 Å². The maximum atomic E-state index is 11.3. The second kappa shape index (κ2) is 7.42. The third kappa shape index (κ3) is 6.00. The van der Waals surface area contributed by atoms with E-state index < -0.39 is 9.84 Å². The third-order valence-corrected chi connectivity index (χ3v) is 3.73. The summed E-state index contributed by atoms with van der Waals surface area (Å²) in [5, 5.41) is 6.52. The fourth-order valence-corrected chi connectivity index (χ4v) is 2.23. The third-order valence-electron chi connectivity index (χ3n) is 2.35. The van der Waals surface area contributed by atoms with Gasteiger partial charge in [-0.3, -0.25) is 0 Å². The Labute approximate surface area is 119 Å². The molecule has 1 aromatic rings. The molecule has 19 heavy (non-hydrogen) atoms. The first-order chi connectivity index (χ1) is 8.93. The lowest BCUT2D eigenvalue weighted by molar-refractivity contribution is 0.196. The van der Waals surface area contributed by atoms with Gasteiger partial charge in [0.1, 0.15) is 0 Å². The van der Waals surface area contributed by atoms with Crippen molar-refractivity contribution in [3.05, 3.63) is 24.3 Å². The van der Waals surface area contributed by atoms with Gasteiger partial charge in [-0.2, -0.15) is 0 Å². The van der Waals surface area contributed by atoms with Gasteiger partial charge in [0.2, 0.25) is 0 Å². The van der Waals surface area contributed by atoms with Crippen LogP contribution in [0.2, 0.25) is 0 Å². The number of ether oxygens (including phenoxy) is 1. The second-order valence-corrected chi connectivity index (χ2v) is 6.45. The Bertz CT molecular complexity index is 512. The van der Waals surface area contributed by atoms with E-state index in [0.29, 0.717) is 11.7 Å². The molecule has 106 valence electrons. The number of hydrogen-bond donors (Lipinski definition) is 2. The highest BCUT2D eigenvalue weighted by Gasteiger charge is 2.06. The molecule has 0 aliphatic carbocycles. The van der Waals surface area contributed by atoms with Gasteiger partial charge in [-0.05, 0) is 42.9 Å². The van der Waals surface area contributed by atoms with Crippen molar-refractivity contribution < 1.29 is 13.2 Å². The topological polar surface area (TPSA) is 67.4 Å². The molecule has 1 aromatic carbocycles. The molecule has 0 saturated heterocycles. The largest absolute Gasteiger partial charge is 0.385 e. The van der Waals surface area contributed by atoms with Crippen molar-refractivity contribution in [1.29, 1.82) is 0 Å². The number of anilines is 1. The summed E-state index contributed by atoms with van der Waals surface area (Å²) in [5.74, 6) is 0. The molecule has 0 bridgehead atoms. The zero-order valence-corrected chi connectivity index (χ0v) is 12.6. The van der Waals surface area contributed by atoms with Crippen LogP contribution in [0.5, 0.6) is 0 Å². The Hall–Kier alpha value is -1.18. The van der Waals surface area contributed by atoms with E-state index in [1.165, 1.54) is 6.26 Å². The predicted molar refractivity (Wildman–Crippen MR) is 80.3 cm³/mol. The zero-order valence-electron chi connectivity index (χ0n) is 11.0. The highest BCUT2D eigenvalue weighted by Crippen LogP contribution is 2.13. The molecular weight excluding hydrogens is 284 g/mol. The Morgan fingerprint density at radius 3 is 2.47 bits per heavy atom. The molecule has 2 N–H and O–H groups in total. The summed E-state index contributed by atoms with van der Waals surface area (Å²) in [6.07, 6.45) is 2.04. The number of thiocarbonyl (C=S) groups is 1. The summed E-state index contributed by atoms with van der Waals surface area (Å²) in [4.78, 5) is 0.289. The van der Waals surface area contributed by atoms with E-state index >= 15 is 0 Å². The first kappa shape index (κ1) is 15.9. The summed E-state index contributed by atoms with van der Waals surface area (Å²) >= 11 is 5.11. The van der Waals surface area contributed by atoms with E-state index in [1.807, 2.05) is 0 Å². The SMILES string of the molecule is COCCCNC(=S)Nc1ccc(S(C)(=O)=O)cc1. The van der Waals surface area contributed by atoms with Gasteiger partial charge in [0.05, 0.1) is 4.90 Å². The van der Waals surface area contributed by atoms with Crippen LogP contribution in [0, 0.1) is 0 Å². The molecule has 1 rings (SSSR count). The summed E-state index contributed by atoms with van der Waals surface area (Å²) in [6, 6.07) is 6.45. The minimum absolute atomic E-state index is 0.289. The molecule has 0 amide bonds. The van der Waals surface area contributed by atoms with Crippen LogP contribution in [0.1, 0.15) is 6.42 Å². The first-order valence-corrected chi connectivity index (χ1v) is 8.07. The van der Waals surface area contributed by atoms with Crippen molar-refractivity contribution in [3.8, 4) is 0 Å². The molecular formula is C12H18N2O3S2. The summed E-state index contributed by atoms with van der Waals surface area (Å²) in [5.41, 5.74) is 0.747. The monoisotopic (exact) mass is 302 g/mol. The summed E-state index contributed by atoms with van der Waals surface area (Å²) < 4.78 is 27.5. The molecule has 7 heteroatoms. The lowest BCUT2D eigenvalue weighted by atomic mass is 10.3. The van der Waals surface area contributed by atoms with Crippen molar-refractivity contribution in [2.45, 2.75) is 11.3 Å². The highest BCUT2D eigenvalue weighted by molar-refractivity contribution is 7.90. The van der Waals surface area contributed by atoms with E-state index in [4.69, 9.17) is 17.0 Å². The molecule has 5 nitrogen and oxygen atoms in total. The number of benzene rings is 1. The molecule has 0 atom stereocenters. The number of nitrogens with one attached hydrogen (secondary N) is 2. The van der Waals surface area contributed by atoms with Gasteiger partial charge in [-0.25, -0.2) is 8.42 Å². The molecule has 0 aliphatic rings. The van der Waals surface area contributed by atoms with Crippen molar-refractivity contribution in [2.75, 3.05) is 31.8 Å². The Morgan fingerprint density at radius 1 is 1.32 bits per heavy atom. The maximum Gasteiger partial charge on any atom is 0.175 e. The van der Waals surface area contributed by atoms with Crippen LogP contribution in [-0.4, -0.2) is 40.0 Å². The van der Waals surface area contributed by atoms with E-state index in [9.17, 15) is 8.42 Å². The highest BCUT2D eigenvalue weighted by atomic mass is 32.2. The van der Waals surface area contributed by atoms with Crippen LogP contribution in [0.4, 0.5) is 5.69 Å². The van der Waals surface area contributed by atoms with Crippen LogP contribution < -0.4 is 10.6 Å². The fraction of sp³-hybridized carbons (Fsp3) is 0.417. The predicted octanol–water partition coefficient (Wildman–Crippen LogP) is 1.41. The Balaban J connectivity index is 2.47. The smallest absolute Gasteiger partial charge is 0.175 e. The normalized spacial score (nSPS) is 11.1. The first-order valence-electron chi connectivity index (χ1n) is 5.77. The fourth-order valence-electron chi connectivity index (χ4n) is 1.38. The van der Waals surface area contributed by atoms with Crippen LogP contribution in [0.25, 0.3) is 0 Å². The number of sulfone groups is 1. The molecule has 0 aliphatic heterocycles. The van der Waals surface area contributed by atoms with Crippen molar-refractivity contribution >= 4 is 32.9 Å². The molecule has 0 fully saturated rings. The molecule has 0 saturated carbocycles. The molecule has 0 radical (unpaired) electrons. The minimum Gasteiger partial charge on any atom is -0.385 e. The van der Waals surface area contributed by atoms with Gasteiger partial charge >= 0.3 is 0 Å². The van der Waals surface area contributed by atoms with E-state index in [-0.39, 0.29) is 4.90 Å². The average molecular weight is 302 g/mol. The standard InChI is InChI=1S/C12H18N2O3S2/c1-17-9-3-8-13-12(18)14-10-4-6-11(7-5-10)19(2,15)16/h4-7H,3,8-9H2,1-2H3,(H2,13,14,18). The van der Waals surface area contributed by atoms with E-state index in [2.05, 4.69) is 10.6 Å². The van der Waals surface area contributed by atoms with Gasteiger partial charge in [0.25, 0.3) is 0 Å². The zero-order chi connectivity index (χ0) is 14.3. The molecule has 0 heterocycles. The minimum atomic E-state index is -3.16. The van der Waals surface area contributed by atoms with Gasteiger partial charge in [-0.1, -0.05) is 0 Å². The quantitative estimate of drug-likeness (QED) is 0.612. The Morgan fingerprint density at radius 2 is 1.95 bits per heavy atom. The number of hydrogen-bond acceptors (Lipinski definition) is 4. The second-order valence-electron chi connectivity index (χ2n) is 4.02. The van der Waals surface area contributed by atoms with Crippen molar-refractivity contribution in [2.24, 2.45) is 0 Å². The Kier molecular flexibility index (Phi) is 6.20. The average Bonchev–Trinajstić information content (AvgIpc) is 2.34. The molecule has 0 spiro atoms. The molecule has 0 aromatic heterocycles. The van der Waals surface area contributed by atoms with Gasteiger partial charge in [-0.15, -0.1) is 0 Å². The van der Waals surface area contributed by atoms with Crippen LogP contribution in [0.3, 0.4) is 0 Å². The number of rotatable bonds is 6. The van der Waals surface area contributed by atoms with Crippen LogP contribution in [0.15, 0.2) is 29.2 Å². The molecule has 0 unspecified atom stereocenters. The number of methoxy groups -OCH3 is 1. The maximum absolute atomic E-state index is 11.3. The lowest BCUT2D eigenvalue weighted by Gasteiger charge is -2.10. The van der Waals surface area contributed by atoms with Crippen LogP contribution in [-0.2, 0) is 14.6 Å².